The van der Waals surface area contributed by atoms with Gasteiger partial charge < -0.3 is 9.47 Å². The van der Waals surface area contributed by atoms with E-state index in [1.165, 1.54) is 12.1 Å². The molecule has 38 heavy (non-hydrogen) atoms. The van der Waals surface area contributed by atoms with Gasteiger partial charge in [-0.15, -0.1) is 0 Å². The Labute approximate surface area is 218 Å². The molecule has 0 radical (unpaired) electrons. The summed E-state index contributed by atoms with van der Waals surface area (Å²) >= 11 is 0. The molecule has 2 nitrogen and oxygen atoms in total. The summed E-state index contributed by atoms with van der Waals surface area (Å²) in [7, 11) is 0. The van der Waals surface area contributed by atoms with Gasteiger partial charge in [0.15, 0.2) is 17.5 Å². The molecule has 0 N–H and O–H groups in total. The van der Waals surface area contributed by atoms with Crippen molar-refractivity contribution in [3.05, 3.63) is 65.0 Å². The predicted octanol–water partition coefficient (Wildman–Crippen LogP) is 9.16. The Kier molecular flexibility index (Phi) is 8.95. The molecule has 2 aliphatic rings. The topological polar surface area (TPSA) is 18.5 Å². The van der Waals surface area contributed by atoms with Gasteiger partial charge in [-0.3, -0.25) is 0 Å². The van der Waals surface area contributed by atoms with E-state index in [4.69, 9.17) is 4.74 Å². The molecule has 0 bridgehead atoms. The number of aryl methyl sites for hydroxylation is 1. The molecule has 2 fully saturated rings. The molecule has 0 unspecified atom stereocenters. The normalized spacial score (nSPS) is 24.8. The van der Waals surface area contributed by atoms with Crippen LogP contribution in [-0.4, -0.2) is 12.2 Å². The SMILES string of the molecule is CCCc1ccc(C(F)(F)OC2CCC(C3CCC(C(F)(F)Oc4cc(F)c(F)c(F)c4)CC3)CC2)cc1. The van der Waals surface area contributed by atoms with Crippen LogP contribution in [0.3, 0.4) is 0 Å². The molecule has 0 aliphatic heterocycles. The average molecular weight is 547 g/mol. The molecule has 9 heteroatoms. The number of benzene rings is 2. The van der Waals surface area contributed by atoms with Crippen LogP contribution in [0.15, 0.2) is 36.4 Å². The number of rotatable bonds is 9. The van der Waals surface area contributed by atoms with Crippen molar-refractivity contribution < 1.29 is 40.2 Å². The third-order valence-electron chi connectivity index (χ3n) is 7.99. The summed E-state index contributed by atoms with van der Waals surface area (Å²) in [4.78, 5) is 0. The van der Waals surface area contributed by atoms with Gasteiger partial charge in [0, 0.05) is 12.1 Å². The minimum Gasteiger partial charge on any atom is -0.432 e. The monoisotopic (exact) mass is 546 g/mol. The van der Waals surface area contributed by atoms with Crippen molar-refractivity contribution in [3.8, 4) is 5.75 Å². The Morgan fingerprint density at radius 2 is 1.29 bits per heavy atom. The second-order valence-corrected chi connectivity index (χ2v) is 10.6. The maximum Gasteiger partial charge on any atom is 0.400 e. The zero-order chi connectivity index (χ0) is 27.5. The molecule has 2 aromatic carbocycles. The van der Waals surface area contributed by atoms with Gasteiger partial charge in [-0.1, -0.05) is 37.6 Å². The summed E-state index contributed by atoms with van der Waals surface area (Å²) in [5, 5.41) is 0. The molecule has 0 saturated heterocycles. The highest BCUT2D eigenvalue weighted by Crippen LogP contribution is 2.46. The molecule has 0 amide bonds. The Morgan fingerprint density at radius 1 is 0.763 bits per heavy atom. The van der Waals surface area contributed by atoms with Crippen molar-refractivity contribution in [2.45, 2.75) is 89.5 Å². The highest BCUT2D eigenvalue weighted by molar-refractivity contribution is 5.26. The molecular formula is C29H33F7O2. The summed E-state index contributed by atoms with van der Waals surface area (Å²) < 4.78 is 108. The number of hydrogen-bond acceptors (Lipinski definition) is 2. The van der Waals surface area contributed by atoms with Gasteiger partial charge in [0.05, 0.1) is 17.6 Å². The van der Waals surface area contributed by atoms with Crippen molar-refractivity contribution >= 4 is 0 Å². The van der Waals surface area contributed by atoms with Gasteiger partial charge >= 0.3 is 12.2 Å². The Hall–Kier alpha value is -2.29. The highest BCUT2D eigenvalue weighted by Gasteiger charge is 2.46. The quantitative estimate of drug-likeness (QED) is 0.231. The Balaban J connectivity index is 1.24. The summed E-state index contributed by atoms with van der Waals surface area (Å²) in [6.45, 7) is 2.03. The van der Waals surface area contributed by atoms with E-state index < -0.39 is 47.4 Å². The van der Waals surface area contributed by atoms with Crippen LogP contribution in [-0.2, 0) is 17.3 Å². The second kappa shape index (κ2) is 11.8. The van der Waals surface area contributed by atoms with Crippen molar-refractivity contribution in [1.29, 1.82) is 0 Å². The fourth-order valence-corrected chi connectivity index (χ4v) is 5.87. The van der Waals surface area contributed by atoms with Crippen LogP contribution in [0.4, 0.5) is 30.7 Å². The van der Waals surface area contributed by atoms with Crippen LogP contribution in [0.1, 0.15) is 75.8 Å². The van der Waals surface area contributed by atoms with Gasteiger partial charge in [0.2, 0.25) is 0 Å². The predicted molar refractivity (Wildman–Crippen MR) is 129 cm³/mol. The van der Waals surface area contributed by atoms with E-state index in [2.05, 4.69) is 4.74 Å². The number of alkyl halides is 4. The number of halogens is 7. The minimum absolute atomic E-state index is 0.159. The molecular weight excluding hydrogens is 513 g/mol. The van der Waals surface area contributed by atoms with E-state index in [0.29, 0.717) is 50.7 Å². The molecule has 0 aromatic heterocycles. The summed E-state index contributed by atoms with van der Waals surface area (Å²) in [5.41, 5.74) is 0.844. The zero-order valence-corrected chi connectivity index (χ0v) is 21.3. The molecule has 0 atom stereocenters. The van der Waals surface area contributed by atoms with E-state index >= 15 is 0 Å². The van der Waals surface area contributed by atoms with E-state index in [-0.39, 0.29) is 30.2 Å². The van der Waals surface area contributed by atoms with E-state index in [9.17, 15) is 30.7 Å². The lowest BCUT2D eigenvalue weighted by atomic mass is 9.70. The van der Waals surface area contributed by atoms with Crippen molar-refractivity contribution in [3.63, 3.8) is 0 Å². The van der Waals surface area contributed by atoms with Gasteiger partial charge in [-0.2, -0.15) is 17.6 Å². The fourth-order valence-electron chi connectivity index (χ4n) is 5.87. The van der Waals surface area contributed by atoms with Gasteiger partial charge in [0.1, 0.15) is 5.75 Å². The van der Waals surface area contributed by atoms with Crippen LogP contribution in [0.5, 0.6) is 5.75 Å². The van der Waals surface area contributed by atoms with Gasteiger partial charge in [0.25, 0.3) is 0 Å². The molecule has 210 valence electrons. The number of ether oxygens (including phenoxy) is 2. The Morgan fingerprint density at radius 3 is 1.82 bits per heavy atom. The lowest BCUT2D eigenvalue weighted by Gasteiger charge is -2.39. The minimum atomic E-state index is -3.66. The van der Waals surface area contributed by atoms with E-state index in [0.717, 1.165) is 18.4 Å². The molecule has 0 spiro atoms. The molecule has 0 heterocycles. The molecule has 2 aliphatic carbocycles. The fraction of sp³-hybridized carbons (Fsp3) is 0.586. The number of hydrogen-bond donors (Lipinski definition) is 0. The lowest BCUT2D eigenvalue weighted by molar-refractivity contribution is -0.278. The maximum atomic E-state index is 14.7. The average Bonchev–Trinajstić information content (AvgIpc) is 2.88. The zero-order valence-electron chi connectivity index (χ0n) is 21.3. The lowest BCUT2D eigenvalue weighted by Crippen LogP contribution is -2.39. The summed E-state index contributed by atoms with van der Waals surface area (Å²) in [6, 6.07) is 7.05. The second-order valence-electron chi connectivity index (χ2n) is 10.6. The maximum absolute atomic E-state index is 14.7. The first-order chi connectivity index (χ1) is 18.0. The first-order valence-corrected chi connectivity index (χ1v) is 13.3. The first-order valence-electron chi connectivity index (χ1n) is 13.3. The van der Waals surface area contributed by atoms with E-state index in [1.807, 2.05) is 6.92 Å². The van der Waals surface area contributed by atoms with Crippen LogP contribution < -0.4 is 4.74 Å². The van der Waals surface area contributed by atoms with Crippen molar-refractivity contribution in [2.24, 2.45) is 17.8 Å². The smallest absolute Gasteiger partial charge is 0.400 e. The molecule has 4 rings (SSSR count). The highest BCUT2D eigenvalue weighted by atomic mass is 19.3. The van der Waals surface area contributed by atoms with Crippen molar-refractivity contribution in [1.82, 2.24) is 0 Å². The Bertz CT molecular complexity index is 1030. The van der Waals surface area contributed by atoms with E-state index in [1.54, 1.807) is 12.1 Å². The summed E-state index contributed by atoms with van der Waals surface area (Å²) in [6.07, 6.45) is -2.14. The van der Waals surface area contributed by atoms with Crippen LogP contribution in [0.2, 0.25) is 0 Å². The third kappa shape index (κ3) is 6.82. The van der Waals surface area contributed by atoms with Crippen LogP contribution in [0, 0.1) is 35.2 Å². The third-order valence-corrected chi connectivity index (χ3v) is 7.99. The largest absolute Gasteiger partial charge is 0.432 e. The molecule has 2 aromatic rings. The summed E-state index contributed by atoms with van der Waals surface area (Å²) in [5.74, 6) is -6.41. The standard InChI is InChI=1S/C29H33F7O2/c1-2-3-18-4-10-21(11-5-18)28(33,34)37-23-14-8-20(9-15-23)19-6-12-22(13-7-19)29(35,36)38-24-16-25(30)27(32)26(31)17-24/h4-5,10-11,16-17,19-20,22-23H,2-3,6-9,12-15H2,1H3. The van der Waals surface area contributed by atoms with Crippen LogP contribution >= 0.6 is 0 Å². The van der Waals surface area contributed by atoms with Crippen molar-refractivity contribution in [2.75, 3.05) is 0 Å². The first kappa shape index (κ1) is 28.7. The van der Waals surface area contributed by atoms with Crippen LogP contribution in [0.25, 0.3) is 0 Å². The van der Waals surface area contributed by atoms with Gasteiger partial charge in [-0.25, -0.2) is 13.2 Å². The molecule has 2 saturated carbocycles. The van der Waals surface area contributed by atoms with Gasteiger partial charge in [-0.05, 0) is 75.2 Å².